The van der Waals surface area contributed by atoms with Crippen molar-refractivity contribution in [2.24, 2.45) is 0 Å². The van der Waals surface area contributed by atoms with E-state index in [4.69, 9.17) is 11.6 Å². The van der Waals surface area contributed by atoms with E-state index in [2.05, 4.69) is 20.6 Å². The van der Waals surface area contributed by atoms with Gasteiger partial charge in [-0.25, -0.2) is 13.4 Å². The number of thiophene rings is 1. The van der Waals surface area contributed by atoms with E-state index in [9.17, 15) is 13.2 Å². The topological polar surface area (TPSA) is 104 Å². The van der Waals surface area contributed by atoms with Gasteiger partial charge in [0.2, 0.25) is 5.95 Å². The van der Waals surface area contributed by atoms with Crippen LogP contribution in [0.15, 0.2) is 22.5 Å². The van der Waals surface area contributed by atoms with E-state index in [1.807, 2.05) is 25.1 Å². The number of halogens is 1. The highest BCUT2D eigenvalue weighted by Crippen LogP contribution is 2.34. The molecule has 0 radical (unpaired) electrons. The van der Waals surface area contributed by atoms with Crippen LogP contribution < -0.4 is 15.5 Å². The highest BCUT2D eigenvalue weighted by atomic mass is 35.5. The number of amides is 1. The minimum atomic E-state index is -3.52. The first-order chi connectivity index (χ1) is 14.6. The molecule has 3 rings (SSSR count). The molecule has 0 saturated heterocycles. The lowest BCUT2D eigenvalue weighted by atomic mass is 9.91. The van der Waals surface area contributed by atoms with Crippen LogP contribution >= 0.6 is 22.9 Å². The van der Waals surface area contributed by atoms with Gasteiger partial charge in [0, 0.05) is 37.8 Å². The van der Waals surface area contributed by atoms with Crippen molar-refractivity contribution in [1.29, 1.82) is 0 Å². The molecule has 0 aromatic carbocycles. The molecule has 0 spiro atoms. The Kier molecular flexibility index (Phi) is 7.43. The number of anilines is 2. The van der Waals surface area contributed by atoms with Crippen LogP contribution in [0, 0.1) is 0 Å². The van der Waals surface area contributed by atoms with Gasteiger partial charge in [0.1, 0.15) is 10.7 Å². The molecule has 2 N–H and O–H groups in total. The fourth-order valence-corrected chi connectivity index (χ4v) is 6.40. The summed E-state index contributed by atoms with van der Waals surface area (Å²) in [4.78, 5) is 23.7. The van der Waals surface area contributed by atoms with Crippen molar-refractivity contribution >= 4 is 50.4 Å². The zero-order valence-electron chi connectivity index (χ0n) is 18.1. The third-order valence-electron chi connectivity index (χ3n) is 5.33. The van der Waals surface area contributed by atoms with Gasteiger partial charge in [0.05, 0.1) is 15.2 Å². The average molecular weight is 486 g/mol. The zero-order chi connectivity index (χ0) is 22.8. The van der Waals surface area contributed by atoms with E-state index in [0.29, 0.717) is 5.95 Å². The second-order valence-corrected chi connectivity index (χ2v) is 11.9. The number of carbonyl (C=O) groups excluding carboxylic acids is 1. The lowest BCUT2D eigenvalue weighted by molar-refractivity contribution is 0.0930. The maximum absolute atomic E-state index is 12.7. The Morgan fingerprint density at radius 3 is 2.48 bits per heavy atom. The average Bonchev–Trinajstić information content (AvgIpc) is 3.11. The Hall–Kier alpha value is -1.91. The van der Waals surface area contributed by atoms with Gasteiger partial charge in [-0.15, -0.1) is 11.3 Å². The quantitative estimate of drug-likeness (QED) is 0.617. The monoisotopic (exact) mass is 485 g/mol. The standard InChI is InChI=1S/C20H28ClN5O3S2/c1-12(2)31(28,29)15-11-30-18(17(15)21)19(27)23-13-5-7-14(8-6-13)24-20-22-10-9-16(25-20)26(3)4/h9-14H,5-8H2,1-4H3,(H,23,27)(H,22,24,25)/t13-,14+. The molecule has 0 atom stereocenters. The highest BCUT2D eigenvalue weighted by Gasteiger charge is 2.29. The number of sulfone groups is 1. The number of aromatic nitrogens is 2. The van der Waals surface area contributed by atoms with Crippen molar-refractivity contribution in [3.05, 3.63) is 27.5 Å². The van der Waals surface area contributed by atoms with Crippen LogP contribution in [0.5, 0.6) is 0 Å². The lowest BCUT2D eigenvalue weighted by Gasteiger charge is -2.29. The van der Waals surface area contributed by atoms with Gasteiger partial charge in [-0.1, -0.05) is 11.6 Å². The minimum absolute atomic E-state index is 0.0166. The smallest absolute Gasteiger partial charge is 0.263 e. The van der Waals surface area contributed by atoms with E-state index in [-0.39, 0.29) is 32.8 Å². The molecular weight excluding hydrogens is 458 g/mol. The summed E-state index contributed by atoms with van der Waals surface area (Å²) in [5.41, 5.74) is 0. The molecule has 170 valence electrons. The number of rotatable bonds is 7. The predicted octanol–water partition coefficient (Wildman–Crippen LogP) is 3.59. The third kappa shape index (κ3) is 5.48. The van der Waals surface area contributed by atoms with Crippen molar-refractivity contribution in [3.63, 3.8) is 0 Å². The Labute approximate surface area is 192 Å². The summed E-state index contributed by atoms with van der Waals surface area (Å²) in [6.07, 6.45) is 5.07. The summed E-state index contributed by atoms with van der Waals surface area (Å²) in [7, 11) is 0.340. The number of carbonyl (C=O) groups is 1. The van der Waals surface area contributed by atoms with Gasteiger partial charge < -0.3 is 15.5 Å². The molecule has 1 saturated carbocycles. The Bertz CT molecular complexity index is 1030. The first-order valence-electron chi connectivity index (χ1n) is 10.2. The van der Waals surface area contributed by atoms with Crippen molar-refractivity contribution in [2.45, 2.75) is 61.8 Å². The second-order valence-electron chi connectivity index (χ2n) is 8.14. The number of nitrogens with one attached hydrogen (secondary N) is 2. The van der Waals surface area contributed by atoms with Crippen LogP contribution in [-0.2, 0) is 9.84 Å². The number of nitrogens with zero attached hydrogens (tertiary/aromatic N) is 3. The molecule has 2 heterocycles. The fourth-order valence-electron chi connectivity index (χ4n) is 3.41. The summed E-state index contributed by atoms with van der Waals surface area (Å²) in [5, 5.41) is 7.25. The molecule has 31 heavy (non-hydrogen) atoms. The molecule has 0 aliphatic heterocycles. The zero-order valence-corrected chi connectivity index (χ0v) is 20.4. The summed E-state index contributed by atoms with van der Waals surface area (Å²) in [6, 6.07) is 2.10. The first-order valence-corrected chi connectivity index (χ1v) is 13.0. The van der Waals surface area contributed by atoms with Crippen molar-refractivity contribution in [2.75, 3.05) is 24.3 Å². The van der Waals surface area contributed by atoms with Gasteiger partial charge in [0.25, 0.3) is 5.91 Å². The summed E-state index contributed by atoms with van der Waals surface area (Å²) in [5.74, 6) is 1.12. The van der Waals surface area contributed by atoms with Gasteiger partial charge >= 0.3 is 0 Å². The van der Waals surface area contributed by atoms with Gasteiger partial charge in [-0.2, -0.15) is 4.98 Å². The molecule has 2 aromatic heterocycles. The molecule has 2 aromatic rings. The molecule has 1 fully saturated rings. The number of hydrogen-bond acceptors (Lipinski definition) is 8. The fraction of sp³-hybridized carbons (Fsp3) is 0.550. The van der Waals surface area contributed by atoms with Crippen LogP contribution in [0.1, 0.15) is 49.2 Å². The summed E-state index contributed by atoms with van der Waals surface area (Å²) < 4.78 is 24.8. The third-order valence-corrected chi connectivity index (χ3v) is 9.25. The Morgan fingerprint density at radius 2 is 1.87 bits per heavy atom. The molecular formula is C20H28ClN5O3S2. The van der Waals surface area contributed by atoms with E-state index < -0.39 is 15.1 Å². The van der Waals surface area contributed by atoms with Crippen LogP contribution in [0.4, 0.5) is 11.8 Å². The van der Waals surface area contributed by atoms with Gasteiger partial charge in [0.15, 0.2) is 9.84 Å². The maximum atomic E-state index is 12.7. The van der Waals surface area contributed by atoms with Crippen molar-refractivity contribution in [1.82, 2.24) is 15.3 Å². The molecule has 1 aliphatic rings. The first kappa shape index (κ1) is 23.7. The van der Waals surface area contributed by atoms with Gasteiger partial charge in [-0.3, -0.25) is 4.79 Å². The van der Waals surface area contributed by atoms with E-state index in [0.717, 1.165) is 42.8 Å². The highest BCUT2D eigenvalue weighted by molar-refractivity contribution is 7.92. The summed E-state index contributed by atoms with van der Waals surface area (Å²) in [6.45, 7) is 3.19. The van der Waals surface area contributed by atoms with Crippen LogP contribution in [0.25, 0.3) is 0 Å². The lowest BCUT2D eigenvalue weighted by Crippen LogP contribution is -2.40. The van der Waals surface area contributed by atoms with Crippen LogP contribution in [0.2, 0.25) is 5.02 Å². The molecule has 1 aliphatic carbocycles. The molecule has 0 unspecified atom stereocenters. The van der Waals surface area contributed by atoms with Crippen LogP contribution in [-0.4, -0.2) is 55.7 Å². The van der Waals surface area contributed by atoms with E-state index in [1.54, 1.807) is 20.0 Å². The second kappa shape index (κ2) is 9.70. The number of hydrogen-bond donors (Lipinski definition) is 2. The Morgan fingerprint density at radius 1 is 1.23 bits per heavy atom. The van der Waals surface area contributed by atoms with Crippen molar-refractivity contribution < 1.29 is 13.2 Å². The predicted molar refractivity (Wildman–Crippen MR) is 125 cm³/mol. The largest absolute Gasteiger partial charge is 0.363 e. The molecule has 11 heteroatoms. The molecule has 0 bridgehead atoms. The Balaban J connectivity index is 1.56. The van der Waals surface area contributed by atoms with E-state index >= 15 is 0 Å². The molecule has 1 amide bonds. The SMILES string of the molecule is CC(C)S(=O)(=O)c1csc(C(=O)N[C@H]2CC[C@@H](Nc3nccc(N(C)C)n3)CC2)c1Cl. The normalized spacial score (nSPS) is 19.3. The van der Waals surface area contributed by atoms with Crippen molar-refractivity contribution in [3.8, 4) is 0 Å². The summed E-state index contributed by atoms with van der Waals surface area (Å²) >= 11 is 7.32. The molecule has 8 nitrogen and oxygen atoms in total. The van der Waals surface area contributed by atoms with Gasteiger partial charge in [-0.05, 0) is 45.6 Å². The maximum Gasteiger partial charge on any atom is 0.263 e. The van der Waals surface area contributed by atoms with Crippen LogP contribution in [0.3, 0.4) is 0 Å². The van der Waals surface area contributed by atoms with E-state index in [1.165, 1.54) is 5.38 Å². The minimum Gasteiger partial charge on any atom is -0.363 e.